The fraction of sp³-hybridized carbons (Fsp3) is 0.190. The van der Waals surface area contributed by atoms with Gasteiger partial charge in [0.25, 0.3) is 10.0 Å². The summed E-state index contributed by atoms with van der Waals surface area (Å²) in [5, 5.41) is 2.89. The van der Waals surface area contributed by atoms with Crippen molar-refractivity contribution < 1.29 is 21.6 Å². The predicted molar refractivity (Wildman–Crippen MR) is 109 cm³/mol. The SMILES string of the molecule is Cc1ccc([C@H](C)c2c(F)ccc3c2NC(=NCc2cccc(F)c2)NS3(=O)=O)o1. The maximum Gasteiger partial charge on any atom is 0.266 e. The topological polar surface area (TPSA) is 83.7 Å². The number of hydrogen-bond donors (Lipinski definition) is 2. The first-order valence-electron chi connectivity index (χ1n) is 9.22. The lowest BCUT2D eigenvalue weighted by Crippen LogP contribution is -2.41. The van der Waals surface area contributed by atoms with E-state index < -0.39 is 27.6 Å². The minimum atomic E-state index is -3.97. The third-order valence-electron chi connectivity index (χ3n) is 4.85. The number of nitrogens with zero attached hydrogens (tertiary/aromatic N) is 1. The highest BCUT2D eigenvalue weighted by molar-refractivity contribution is 7.90. The van der Waals surface area contributed by atoms with E-state index in [1.54, 1.807) is 38.1 Å². The summed E-state index contributed by atoms with van der Waals surface area (Å²) in [4.78, 5) is 4.11. The summed E-state index contributed by atoms with van der Waals surface area (Å²) in [6, 6.07) is 11.6. The normalized spacial score (nSPS) is 17.1. The fourth-order valence-corrected chi connectivity index (χ4v) is 4.54. The van der Waals surface area contributed by atoms with Crippen LogP contribution in [0.15, 0.2) is 62.8 Å². The van der Waals surface area contributed by atoms with Gasteiger partial charge in [-0.1, -0.05) is 19.1 Å². The maximum atomic E-state index is 14.8. The predicted octanol–water partition coefficient (Wildman–Crippen LogP) is 4.28. The summed E-state index contributed by atoms with van der Waals surface area (Å²) in [6.07, 6.45) is 0. The first-order valence-corrected chi connectivity index (χ1v) is 10.7. The van der Waals surface area contributed by atoms with Crippen LogP contribution in [0.5, 0.6) is 0 Å². The van der Waals surface area contributed by atoms with Crippen LogP contribution in [0.25, 0.3) is 0 Å². The van der Waals surface area contributed by atoms with E-state index in [9.17, 15) is 17.2 Å². The number of rotatable bonds is 4. The number of hydrogen-bond acceptors (Lipinski definition) is 4. The molecule has 1 aromatic heterocycles. The van der Waals surface area contributed by atoms with Gasteiger partial charge in [0, 0.05) is 11.5 Å². The smallest absolute Gasteiger partial charge is 0.266 e. The molecule has 1 aliphatic rings. The zero-order chi connectivity index (χ0) is 21.5. The Kier molecular flexibility index (Phi) is 5.07. The first kappa shape index (κ1) is 20.1. The molecule has 0 unspecified atom stereocenters. The van der Waals surface area contributed by atoms with Crippen LogP contribution in [0.2, 0.25) is 0 Å². The van der Waals surface area contributed by atoms with Crippen molar-refractivity contribution >= 4 is 21.7 Å². The minimum Gasteiger partial charge on any atom is -0.466 e. The fourth-order valence-electron chi connectivity index (χ4n) is 3.38. The lowest BCUT2D eigenvalue weighted by molar-refractivity contribution is 0.465. The van der Waals surface area contributed by atoms with Crippen molar-refractivity contribution in [1.82, 2.24) is 4.72 Å². The Morgan fingerprint density at radius 1 is 1.13 bits per heavy atom. The lowest BCUT2D eigenvalue weighted by atomic mass is 9.96. The highest BCUT2D eigenvalue weighted by Crippen LogP contribution is 2.38. The zero-order valence-corrected chi connectivity index (χ0v) is 17.1. The molecule has 4 rings (SSSR count). The van der Waals surface area contributed by atoms with E-state index >= 15 is 0 Å². The monoisotopic (exact) mass is 431 g/mol. The van der Waals surface area contributed by atoms with Gasteiger partial charge >= 0.3 is 0 Å². The molecule has 0 amide bonds. The Bertz CT molecular complexity index is 1250. The Morgan fingerprint density at radius 3 is 2.63 bits per heavy atom. The molecule has 1 atom stereocenters. The highest BCUT2D eigenvalue weighted by Gasteiger charge is 2.32. The standard InChI is InChI=1S/C21H19F2N3O3S/c1-12-6-8-17(29-12)13(2)19-16(23)7-9-18-20(19)25-21(26-30(18,27)28)24-11-14-4-3-5-15(22)10-14/h3-10,13H,11H2,1-2H3,(H2,24,25,26)/t13-/m0/s1. The molecule has 6 nitrogen and oxygen atoms in total. The van der Waals surface area contributed by atoms with E-state index in [1.165, 1.54) is 18.2 Å². The molecule has 0 saturated heterocycles. The number of halogens is 2. The van der Waals surface area contributed by atoms with Gasteiger partial charge in [0.2, 0.25) is 5.96 Å². The van der Waals surface area contributed by atoms with Crippen LogP contribution >= 0.6 is 0 Å². The van der Waals surface area contributed by atoms with Crippen molar-refractivity contribution in [2.45, 2.75) is 31.2 Å². The summed E-state index contributed by atoms with van der Waals surface area (Å²) in [7, 11) is -3.97. The van der Waals surface area contributed by atoms with Crippen molar-refractivity contribution in [1.29, 1.82) is 0 Å². The van der Waals surface area contributed by atoms with E-state index in [2.05, 4.69) is 15.0 Å². The van der Waals surface area contributed by atoms with Crippen LogP contribution in [0, 0.1) is 18.6 Å². The molecule has 9 heteroatoms. The molecule has 0 spiro atoms. The third-order valence-corrected chi connectivity index (χ3v) is 6.23. The van der Waals surface area contributed by atoms with Gasteiger partial charge in [-0.2, -0.15) is 0 Å². The Balaban J connectivity index is 1.75. The van der Waals surface area contributed by atoms with Crippen molar-refractivity contribution in [2.24, 2.45) is 4.99 Å². The molecule has 1 aliphatic heterocycles. The molecule has 2 N–H and O–H groups in total. The Hall–Kier alpha value is -3.20. The summed E-state index contributed by atoms with van der Waals surface area (Å²) in [6.45, 7) is 3.54. The maximum absolute atomic E-state index is 14.8. The first-order chi connectivity index (χ1) is 14.2. The van der Waals surface area contributed by atoms with Crippen LogP contribution in [0.4, 0.5) is 14.5 Å². The number of benzene rings is 2. The van der Waals surface area contributed by atoms with Crippen LogP contribution in [-0.4, -0.2) is 14.4 Å². The van der Waals surface area contributed by atoms with Gasteiger partial charge in [0.1, 0.15) is 28.1 Å². The van der Waals surface area contributed by atoms with Gasteiger partial charge in [-0.05, 0) is 48.9 Å². The number of nitrogens with one attached hydrogen (secondary N) is 2. The lowest BCUT2D eigenvalue weighted by Gasteiger charge is -2.26. The van der Waals surface area contributed by atoms with E-state index in [0.29, 0.717) is 17.1 Å². The molecule has 30 heavy (non-hydrogen) atoms. The van der Waals surface area contributed by atoms with Gasteiger partial charge in [0.15, 0.2) is 0 Å². The van der Waals surface area contributed by atoms with E-state index in [1.807, 2.05) is 0 Å². The third kappa shape index (κ3) is 3.80. The molecule has 2 aromatic carbocycles. The van der Waals surface area contributed by atoms with Gasteiger partial charge in [-0.15, -0.1) is 0 Å². The quantitative estimate of drug-likeness (QED) is 0.646. The number of aliphatic imine (C=N–C) groups is 1. The molecule has 0 fully saturated rings. The molecule has 2 heterocycles. The molecular weight excluding hydrogens is 412 g/mol. The van der Waals surface area contributed by atoms with Crippen molar-refractivity contribution in [3.8, 4) is 0 Å². The number of sulfonamides is 1. The van der Waals surface area contributed by atoms with Crippen molar-refractivity contribution in [3.05, 3.63) is 82.8 Å². The van der Waals surface area contributed by atoms with Gasteiger partial charge in [0.05, 0.1) is 12.2 Å². The summed E-state index contributed by atoms with van der Waals surface area (Å²) >= 11 is 0. The van der Waals surface area contributed by atoms with E-state index in [4.69, 9.17) is 4.42 Å². The van der Waals surface area contributed by atoms with Gasteiger partial charge in [-0.3, -0.25) is 0 Å². The second kappa shape index (κ2) is 7.56. The van der Waals surface area contributed by atoms with E-state index in [-0.39, 0.29) is 28.7 Å². The van der Waals surface area contributed by atoms with Crippen LogP contribution in [-0.2, 0) is 16.6 Å². The molecule has 0 radical (unpaired) electrons. The summed E-state index contributed by atoms with van der Waals surface area (Å²) in [5.41, 5.74) is 0.826. The minimum absolute atomic E-state index is 0.0372. The highest BCUT2D eigenvalue weighted by atomic mass is 32.2. The average molecular weight is 431 g/mol. The van der Waals surface area contributed by atoms with Crippen molar-refractivity contribution in [2.75, 3.05) is 5.32 Å². The average Bonchev–Trinajstić information content (AvgIpc) is 3.11. The van der Waals surface area contributed by atoms with E-state index in [0.717, 1.165) is 6.07 Å². The number of anilines is 1. The molecule has 156 valence electrons. The van der Waals surface area contributed by atoms with Crippen molar-refractivity contribution in [3.63, 3.8) is 0 Å². The Morgan fingerprint density at radius 2 is 1.93 bits per heavy atom. The molecule has 0 bridgehead atoms. The Labute approximate surface area is 172 Å². The summed E-state index contributed by atoms with van der Waals surface area (Å²) < 4.78 is 61.6. The van der Waals surface area contributed by atoms with Crippen LogP contribution in [0.1, 0.15) is 35.5 Å². The number of aryl methyl sites for hydroxylation is 1. The van der Waals surface area contributed by atoms with Gasteiger partial charge < -0.3 is 9.73 Å². The zero-order valence-electron chi connectivity index (χ0n) is 16.2. The largest absolute Gasteiger partial charge is 0.466 e. The van der Waals surface area contributed by atoms with Crippen LogP contribution in [0.3, 0.4) is 0 Å². The van der Waals surface area contributed by atoms with Gasteiger partial charge in [-0.25, -0.2) is 26.9 Å². The second-order valence-electron chi connectivity index (χ2n) is 7.03. The van der Waals surface area contributed by atoms with Crippen LogP contribution < -0.4 is 10.0 Å². The number of fused-ring (bicyclic) bond motifs is 1. The molecular formula is C21H19F2N3O3S. The molecule has 0 aliphatic carbocycles. The second-order valence-corrected chi connectivity index (χ2v) is 8.68. The number of furan rings is 1. The summed E-state index contributed by atoms with van der Waals surface area (Å²) in [5.74, 6) is -0.413. The molecule has 0 saturated carbocycles. The molecule has 3 aromatic rings. The number of guanidine groups is 1.